The third-order valence-corrected chi connectivity index (χ3v) is 3.90. The zero-order chi connectivity index (χ0) is 16.4. The van der Waals surface area contributed by atoms with Gasteiger partial charge in [0.1, 0.15) is 11.3 Å². The third kappa shape index (κ3) is 2.75. The van der Waals surface area contributed by atoms with Crippen LogP contribution in [0.1, 0.15) is 22.8 Å². The largest absolute Gasteiger partial charge is 0.545 e. The number of ether oxygens (including phenoxy) is 1. The molecule has 0 saturated carbocycles. The van der Waals surface area contributed by atoms with E-state index in [2.05, 4.69) is 11.9 Å². The van der Waals surface area contributed by atoms with Crippen molar-refractivity contribution in [1.82, 2.24) is 4.98 Å². The Morgan fingerprint density at radius 2 is 1.91 bits per heavy atom. The van der Waals surface area contributed by atoms with E-state index >= 15 is 0 Å². The van der Waals surface area contributed by atoms with E-state index < -0.39 is 5.97 Å². The summed E-state index contributed by atoms with van der Waals surface area (Å²) in [7, 11) is 1.54. The van der Waals surface area contributed by atoms with Crippen LogP contribution in [0.15, 0.2) is 48.5 Å². The average Bonchev–Trinajstić information content (AvgIpc) is 2.60. The molecule has 0 spiro atoms. The Bertz CT molecular complexity index is 870. The fraction of sp³-hybridized carbons (Fsp3) is 0.158. The molecule has 4 nitrogen and oxygen atoms in total. The third-order valence-electron chi connectivity index (χ3n) is 3.90. The van der Waals surface area contributed by atoms with Crippen molar-refractivity contribution >= 4 is 16.9 Å². The molecule has 0 saturated heterocycles. The summed E-state index contributed by atoms with van der Waals surface area (Å²) in [5.74, 6) is -0.686. The summed E-state index contributed by atoms with van der Waals surface area (Å²) in [5.41, 5.74) is 3.29. The lowest BCUT2D eigenvalue weighted by atomic mass is 10.0. The highest BCUT2D eigenvalue weighted by Crippen LogP contribution is 2.30. The highest BCUT2D eigenvalue weighted by Gasteiger charge is 2.11. The molecule has 23 heavy (non-hydrogen) atoms. The van der Waals surface area contributed by atoms with E-state index in [0.29, 0.717) is 22.3 Å². The lowest BCUT2D eigenvalue weighted by molar-refractivity contribution is -0.254. The van der Waals surface area contributed by atoms with Gasteiger partial charge in [0, 0.05) is 16.5 Å². The van der Waals surface area contributed by atoms with Crippen LogP contribution >= 0.6 is 0 Å². The van der Waals surface area contributed by atoms with Gasteiger partial charge in [0.25, 0.3) is 0 Å². The molecule has 0 aliphatic carbocycles. The van der Waals surface area contributed by atoms with Gasteiger partial charge in [-0.2, -0.15) is 0 Å². The number of carboxylic acid groups (broad SMARTS) is 1. The number of aromatic carboxylic acids is 1. The van der Waals surface area contributed by atoms with Crippen LogP contribution in [-0.2, 0) is 6.42 Å². The van der Waals surface area contributed by atoms with Crippen molar-refractivity contribution in [3.63, 3.8) is 0 Å². The molecule has 0 radical (unpaired) electrons. The fourth-order valence-electron chi connectivity index (χ4n) is 2.61. The molecule has 1 aromatic heterocycles. The molecule has 3 rings (SSSR count). The first-order chi connectivity index (χ1) is 11.1. The van der Waals surface area contributed by atoms with Crippen LogP contribution in [-0.4, -0.2) is 18.1 Å². The van der Waals surface area contributed by atoms with Gasteiger partial charge in [0.05, 0.1) is 18.8 Å². The lowest BCUT2D eigenvalue weighted by Gasteiger charge is -2.13. The molecule has 0 bridgehead atoms. The number of hydrogen-bond acceptors (Lipinski definition) is 4. The summed E-state index contributed by atoms with van der Waals surface area (Å²) in [5, 5.41) is 12.0. The molecule has 0 fully saturated rings. The van der Waals surface area contributed by atoms with Crippen LogP contribution in [0.4, 0.5) is 0 Å². The second-order valence-corrected chi connectivity index (χ2v) is 5.25. The SMILES string of the molecule is CCc1ccc(-c2cc(C(=O)[O-])c3cccc(OC)c3n2)cc1. The highest BCUT2D eigenvalue weighted by atomic mass is 16.5. The number of aromatic nitrogens is 1. The molecular weight excluding hydrogens is 290 g/mol. The highest BCUT2D eigenvalue weighted by molar-refractivity contribution is 6.04. The van der Waals surface area contributed by atoms with Crippen molar-refractivity contribution in [3.8, 4) is 17.0 Å². The minimum atomic E-state index is -1.22. The average molecular weight is 306 g/mol. The van der Waals surface area contributed by atoms with Gasteiger partial charge >= 0.3 is 0 Å². The Morgan fingerprint density at radius 3 is 2.52 bits per heavy atom. The standard InChI is InChI=1S/C19H17NO3/c1-3-12-7-9-13(10-8-12)16-11-15(19(21)22)14-5-4-6-17(23-2)18(14)20-16/h4-11H,3H2,1-2H3,(H,21,22)/p-1. The van der Waals surface area contributed by atoms with Gasteiger partial charge in [-0.3, -0.25) is 0 Å². The maximum absolute atomic E-state index is 11.5. The summed E-state index contributed by atoms with van der Waals surface area (Å²) in [4.78, 5) is 16.1. The first kappa shape index (κ1) is 15.0. The smallest absolute Gasteiger partial charge is 0.145 e. The van der Waals surface area contributed by atoms with Gasteiger partial charge < -0.3 is 14.6 Å². The molecule has 0 aliphatic rings. The van der Waals surface area contributed by atoms with E-state index in [1.165, 1.54) is 12.7 Å². The number of aryl methyl sites for hydroxylation is 1. The van der Waals surface area contributed by atoms with Crippen LogP contribution in [0.2, 0.25) is 0 Å². The number of benzene rings is 2. The summed E-state index contributed by atoms with van der Waals surface area (Å²) >= 11 is 0. The number of carbonyl (C=O) groups excluding carboxylic acids is 1. The fourth-order valence-corrected chi connectivity index (χ4v) is 2.61. The predicted octanol–water partition coefficient (Wildman–Crippen LogP) is 2.84. The van der Waals surface area contributed by atoms with Crippen LogP contribution in [0.5, 0.6) is 5.75 Å². The molecule has 0 unspecified atom stereocenters. The summed E-state index contributed by atoms with van der Waals surface area (Å²) in [6.45, 7) is 2.09. The number of hydrogen-bond donors (Lipinski definition) is 0. The lowest BCUT2D eigenvalue weighted by Crippen LogP contribution is -2.22. The maximum atomic E-state index is 11.5. The first-order valence-electron chi connectivity index (χ1n) is 7.42. The van der Waals surface area contributed by atoms with Gasteiger partial charge in [-0.25, -0.2) is 4.98 Å². The molecule has 0 atom stereocenters. The number of para-hydroxylation sites is 1. The van der Waals surface area contributed by atoms with E-state index in [1.54, 1.807) is 24.3 Å². The van der Waals surface area contributed by atoms with Gasteiger partial charge in [0.15, 0.2) is 0 Å². The molecule has 0 N–H and O–H groups in total. The van der Waals surface area contributed by atoms with Crippen molar-refractivity contribution in [2.24, 2.45) is 0 Å². The molecular formula is C19H16NO3-. The number of rotatable bonds is 4. The number of methoxy groups -OCH3 is 1. The van der Waals surface area contributed by atoms with Crippen LogP contribution < -0.4 is 9.84 Å². The summed E-state index contributed by atoms with van der Waals surface area (Å²) in [6.07, 6.45) is 0.948. The molecule has 116 valence electrons. The predicted molar refractivity (Wildman–Crippen MR) is 87.4 cm³/mol. The number of carboxylic acids is 1. The van der Waals surface area contributed by atoms with Crippen molar-refractivity contribution in [2.75, 3.05) is 7.11 Å². The van der Waals surface area contributed by atoms with E-state index in [4.69, 9.17) is 4.74 Å². The van der Waals surface area contributed by atoms with Gasteiger partial charge in [0.2, 0.25) is 0 Å². The molecule has 0 amide bonds. The number of fused-ring (bicyclic) bond motifs is 1. The minimum Gasteiger partial charge on any atom is -0.545 e. The quantitative estimate of drug-likeness (QED) is 0.743. The normalized spacial score (nSPS) is 10.7. The van der Waals surface area contributed by atoms with Gasteiger partial charge in [-0.1, -0.05) is 43.3 Å². The molecule has 3 aromatic rings. The Hall–Kier alpha value is -2.88. The van der Waals surface area contributed by atoms with E-state index in [9.17, 15) is 9.90 Å². The molecule has 4 heteroatoms. The molecule has 2 aromatic carbocycles. The second-order valence-electron chi connectivity index (χ2n) is 5.25. The van der Waals surface area contributed by atoms with Crippen LogP contribution in [0.25, 0.3) is 22.2 Å². The Kier molecular flexibility index (Phi) is 3.98. The molecule has 0 aliphatic heterocycles. The zero-order valence-electron chi connectivity index (χ0n) is 13.0. The number of nitrogens with zero attached hydrogens (tertiary/aromatic N) is 1. The van der Waals surface area contributed by atoms with Crippen LogP contribution in [0, 0.1) is 0 Å². The number of carbonyl (C=O) groups is 1. The monoisotopic (exact) mass is 306 g/mol. The minimum absolute atomic E-state index is 0.114. The van der Waals surface area contributed by atoms with Crippen LogP contribution in [0.3, 0.4) is 0 Å². The van der Waals surface area contributed by atoms with Crippen molar-refractivity contribution in [1.29, 1.82) is 0 Å². The molecule has 1 heterocycles. The maximum Gasteiger partial charge on any atom is 0.145 e. The van der Waals surface area contributed by atoms with Gasteiger partial charge in [-0.05, 0) is 24.1 Å². The van der Waals surface area contributed by atoms with Gasteiger partial charge in [-0.15, -0.1) is 0 Å². The Balaban J connectivity index is 2.26. The summed E-state index contributed by atoms with van der Waals surface area (Å²) in [6, 6.07) is 14.7. The topological polar surface area (TPSA) is 62.2 Å². The Morgan fingerprint density at radius 1 is 1.17 bits per heavy atom. The first-order valence-corrected chi connectivity index (χ1v) is 7.42. The van der Waals surface area contributed by atoms with E-state index in [0.717, 1.165) is 12.0 Å². The van der Waals surface area contributed by atoms with Crippen molar-refractivity contribution in [2.45, 2.75) is 13.3 Å². The van der Waals surface area contributed by atoms with Crippen molar-refractivity contribution in [3.05, 3.63) is 59.7 Å². The van der Waals surface area contributed by atoms with Crippen molar-refractivity contribution < 1.29 is 14.6 Å². The van der Waals surface area contributed by atoms with E-state index in [1.807, 2.05) is 24.3 Å². The Labute approximate surface area is 134 Å². The number of pyridine rings is 1. The zero-order valence-corrected chi connectivity index (χ0v) is 13.0. The second kappa shape index (κ2) is 6.08. The summed E-state index contributed by atoms with van der Waals surface area (Å²) < 4.78 is 5.31. The van der Waals surface area contributed by atoms with E-state index in [-0.39, 0.29) is 5.56 Å².